The summed E-state index contributed by atoms with van der Waals surface area (Å²) in [5, 5.41) is 11.8. The van der Waals surface area contributed by atoms with E-state index >= 15 is 0 Å². The molecule has 3 aromatic rings. The van der Waals surface area contributed by atoms with E-state index in [1.165, 1.54) is 4.90 Å². The second kappa shape index (κ2) is 12.5. The van der Waals surface area contributed by atoms with Crippen LogP contribution in [-0.4, -0.2) is 53.7 Å². The van der Waals surface area contributed by atoms with E-state index in [-0.39, 0.29) is 34.1 Å². The van der Waals surface area contributed by atoms with Crippen LogP contribution in [0.5, 0.6) is 17.2 Å². The van der Waals surface area contributed by atoms with E-state index in [9.17, 15) is 19.5 Å². The highest BCUT2D eigenvalue weighted by molar-refractivity contribution is 7.17. The third-order valence-corrected chi connectivity index (χ3v) is 8.25. The third kappa shape index (κ3) is 5.69. The number of carbonyl (C=O) groups is 3. The number of ether oxygens (including phenoxy) is 4. The number of thiazole rings is 1. The van der Waals surface area contributed by atoms with Crippen LogP contribution in [0.15, 0.2) is 42.0 Å². The molecule has 11 heteroatoms. The minimum Gasteiger partial charge on any atom is -0.507 e. The Morgan fingerprint density at radius 2 is 1.88 bits per heavy atom. The second-order valence-electron chi connectivity index (χ2n) is 10.2. The van der Waals surface area contributed by atoms with Gasteiger partial charge in [0.05, 0.1) is 37.1 Å². The standard InChI is InChI=1S/C32H34N2O8S/c1-6-13-41-23-12-9-19(16-24(23)39-7-2)26-25(27(35)20-10-11-22-21(15-20)14-17(4)42-22)28(36)30(37)34(26)32-33-18(5)29(43-32)31(38)40-8-3/h9-12,15-17,26,35H,6-8,13-14H2,1-5H3/b27-25+/t17-,26+/m1/s1. The minimum absolute atomic E-state index is 0.00913. The lowest BCUT2D eigenvalue weighted by Gasteiger charge is -2.24. The van der Waals surface area contributed by atoms with Crippen LogP contribution in [0.25, 0.3) is 5.76 Å². The number of benzene rings is 2. The van der Waals surface area contributed by atoms with Crippen LogP contribution in [-0.2, 0) is 20.7 Å². The summed E-state index contributed by atoms with van der Waals surface area (Å²) in [6.07, 6.45) is 1.44. The molecular weight excluding hydrogens is 572 g/mol. The van der Waals surface area contributed by atoms with Crippen LogP contribution in [0.2, 0.25) is 0 Å². The molecule has 1 amide bonds. The Kier molecular flexibility index (Phi) is 8.72. The molecular formula is C32H34N2O8S. The Bertz CT molecular complexity index is 1610. The molecule has 2 atom stereocenters. The Balaban J connectivity index is 1.68. The Morgan fingerprint density at radius 3 is 2.60 bits per heavy atom. The maximum atomic E-state index is 13.7. The predicted molar refractivity (Wildman–Crippen MR) is 161 cm³/mol. The smallest absolute Gasteiger partial charge is 0.350 e. The fourth-order valence-corrected chi connectivity index (χ4v) is 6.22. The molecule has 0 bridgehead atoms. The molecule has 0 aliphatic carbocycles. The van der Waals surface area contributed by atoms with Gasteiger partial charge in [0.1, 0.15) is 22.5 Å². The second-order valence-corrected chi connectivity index (χ2v) is 11.2. The first-order valence-electron chi connectivity index (χ1n) is 14.3. The average Bonchev–Trinajstić information content (AvgIpc) is 3.63. The quantitative estimate of drug-likeness (QED) is 0.133. The molecule has 5 rings (SSSR count). The van der Waals surface area contributed by atoms with Crippen molar-refractivity contribution in [2.24, 2.45) is 0 Å². The number of aromatic nitrogens is 1. The lowest BCUT2D eigenvalue weighted by atomic mass is 9.94. The van der Waals surface area contributed by atoms with Crippen molar-refractivity contribution in [2.45, 2.75) is 59.6 Å². The topological polar surface area (TPSA) is 124 Å². The predicted octanol–water partition coefficient (Wildman–Crippen LogP) is 5.77. The summed E-state index contributed by atoms with van der Waals surface area (Å²) in [5.41, 5.74) is 2.04. The van der Waals surface area contributed by atoms with Crippen molar-refractivity contribution in [2.75, 3.05) is 24.7 Å². The monoisotopic (exact) mass is 606 g/mol. The number of esters is 1. The van der Waals surface area contributed by atoms with Crippen molar-refractivity contribution < 1.29 is 38.4 Å². The van der Waals surface area contributed by atoms with E-state index in [0.717, 1.165) is 29.1 Å². The Morgan fingerprint density at radius 1 is 1.09 bits per heavy atom. The molecule has 0 saturated carbocycles. The van der Waals surface area contributed by atoms with Crippen molar-refractivity contribution in [1.29, 1.82) is 0 Å². The number of rotatable bonds is 10. The number of aliphatic hydroxyl groups is 1. The summed E-state index contributed by atoms with van der Waals surface area (Å²) in [6, 6.07) is 9.28. The molecule has 226 valence electrons. The first kappa shape index (κ1) is 30.1. The van der Waals surface area contributed by atoms with Gasteiger partial charge in [-0.05, 0) is 75.6 Å². The zero-order valence-electron chi connectivity index (χ0n) is 24.8. The fraction of sp³-hybridized carbons (Fsp3) is 0.375. The summed E-state index contributed by atoms with van der Waals surface area (Å²) in [6.45, 7) is 10.1. The average molecular weight is 607 g/mol. The molecule has 0 unspecified atom stereocenters. The SMILES string of the molecule is CCCOc1ccc([C@H]2/C(=C(\O)c3ccc4c(c3)C[C@@H](C)O4)C(=O)C(=O)N2c2nc(C)c(C(=O)OCC)s2)cc1OCC. The van der Waals surface area contributed by atoms with Gasteiger partial charge in [0.2, 0.25) is 0 Å². The Hall–Kier alpha value is -4.38. The van der Waals surface area contributed by atoms with Gasteiger partial charge in [0.15, 0.2) is 16.6 Å². The molecule has 10 nitrogen and oxygen atoms in total. The number of anilines is 1. The van der Waals surface area contributed by atoms with Gasteiger partial charge in [-0.3, -0.25) is 14.5 Å². The van der Waals surface area contributed by atoms with Crippen molar-refractivity contribution in [3.05, 3.63) is 69.2 Å². The molecule has 2 aromatic carbocycles. The minimum atomic E-state index is -1.07. The first-order valence-corrected chi connectivity index (χ1v) is 15.1. The number of fused-ring (bicyclic) bond motifs is 1. The maximum absolute atomic E-state index is 13.7. The van der Waals surface area contributed by atoms with Gasteiger partial charge in [-0.2, -0.15) is 0 Å². The van der Waals surface area contributed by atoms with E-state index in [1.807, 2.05) is 20.8 Å². The van der Waals surface area contributed by atoms with E-state index < -0.39 is 23.7 Å². The van der Waals surface area contributed by atoms with Crippen molar-refractivity contribution in [3.63, 3.8) is 0 Å². The summed E-state index contributed by atoms with van der Waals surface area (Å²) in [5.74, 6) is -0.966. The number of carbonyl (C=O) groups excluding carboxylic acids is 3. The molecule has 0 radical (unpaired) electrons. The van der Waals surface area contributed by atoms with E-state index in [1.54, 1.807) is 50.2 Å². The molecule has 43 heavy (non-hydrogen) atoms. The zero-order valence-corrected chi connectivity index (χ0v) is 25.6. The van der Waals surface area contributed by atoms with E-state index in [0.29, 0.717) is 48.0 Å². The number of aliphatic hydroxyl groups excluding tert-OH is 1. The highest BCUT2D eigenvalue weighted by Gasteiger charge is 2.49. The van der Waals surface area contributed by atoms with Crippen LogP contribution in [0.1, 0.15) is 72.2 Å². The van der Waals surface area contributed by atoms with Crippen molar-refractivity contribution in [3.8, 4) is 17.2 Å². The summed E-state index contributed by atoms with van der Waals surface area (Å²) in [4.78, 5) is 46.0. The summed E-state index contributed by atoms with van der Waals surface area (Å²) < 4.78 is 22.7. The maximum Gasteiger partial charge on any atom is 0.350 e. The van der Waals surface area contributed by atoms with Gasteiger partial charge >= 0.3 is 11.9 Å². The molecule has 1 N–H and O–H groups in total. The van der Waals surface area contributed by atoms with Crippen LogP contribution in [0.4, 0.5) is 5.13 Å². The van der Waals surface area contributed by atoms with Gasteiger partial charge in [0, 0.05) is 12.0 Å². The van der Waals surface area contributed by atoms with Crippen molar-refractivity contribution >= 4 is 39.9 Å². The molecule has 1 fully saturated rings. The van der Waals surface area contributed by atoms with Gasteiger partial charge in [0.25, 0.3) is 5.78 Å². The number of ketones is 1. The number of hydrogen-bond donors (Lipinski definition) is 1. The largest absolute Gasteiger partial charge is 0.507 e. The molecule has 1 saturated heterocycles. The lowest BCUT2D eigenvalue weighted by molar-refractivity contribution is -0.132. The number of amides is 1. The third-order valence-electron chi connectivity index (χ3n) is 7.11. The first-order chi connectivity index (χ1) is 20.7. The highest BCUT2D eigenvalue weighted by Crippen LogP contribution is 2.46. The number of aryl methyl sites for hydroxylation is 1. The fourth-order valence-electron chi connectivity index (χ4n) is 5.24. The van der Waals surface area contributed by atoms with Crippen LogP contribution in [0, 0.1) is 6.92 Å². The molecule has 0 spiro atoms. The molecule has 3 heterocycles. The van der Waals surface area contributed by atoms with Crippen LogP contribution < -0.4 is 19.1 Å². The molecule has 2 aliphatic rings. The molecule has 1 aromatic heterocycles. The number of Topliss-reactive ketones (excluding diaryl/α,β-unsaturated/α-hetero) is 1. The highest BCUT2D eigenvalue weighted by atomic mass is 32.1. The van der Waals surface area contributed by atoms with Crippen molar-refractivity contribution in [1.82, 2.24) is 4.98 Å². The van der Waals surface area contributed by atoms with Gasteiger partial charge in [-0.25, -0.2) is 9.78 Å². The van der Waals surface area contributed by atoms with Crippen LogP contribution >= 0.6 is 11.3 Å². The normalized spacial score (nSPS) is 18.9. The Labute approximate surface area is 253 Å². The van der Waals surface area contributed by atoms with Gasteiger partial charge < -0.3 is 24.1 Å². The van der Waals surface area contributed by atoms with Crippen LogP contribution in [0.3, 0.4) is 0 Å². The number of hydrogen-bond acceptors (Lipinski definition) is 10. The van der Waals surface area contributed by atoms with Gasteiger partial charge in [-0.1, -0.05) is 24.3 Å². The zero-order chi connectivity index (χ0) is 30.8. The lowest BCUT2D eigenvalue weighted by Crippen LogP contribution is -2.29. The summed E-state index contributed by atoms with van der Waals surface area (Å²) in [7, 11) is 0. The molecule has 2 aliphatic heterocycles. The summed E-state index contributed by atoms with van der Waals surface area (Å²) >= 11 is 0.954. The van der Waals surface area contributed by atoms with E-state index in [2.05, 4.69) is 4.98 Å². The number of nitrogens with zero attached hydrogens (tertiary/aromatic N) is 2. The van der Waals surface area contributed by atoms with E-state index in [4.69, 9.17) is 18.9 Å². The van der Waals surface area contributed by atoms with Gasteiger partial charge in [-0.15, -0.1) is 0 Å².